The maximum absolute atomic E-state index is 2.44. The predicted molar refractivity (Wildman–Crippen MR) is 278 cm³/mol. The van der Waals surface area contributed by atoms with Crippen LogP contribution in [0.2, 0.25) is 0 Å². The van der Waals surface area contributed by atoms with Crippen LogP contribution in [0, 0.1) is 0 Å². The quantitative estimate of drug-likeness (QED) is 0.136. The molecule has 0 N–H and O–H groups in total. The summed E-state index contributed by atoms with van der Waals surface area (Å²) < 4.78 is 4.82. The van der Waals surface area contributed by atoms with Gasteiger partial charge in [0.15, 0.2) is 0 Å². The lowest BCUT2D eigenvalue weighted by molar-refractivity contribution is 1.18. The average Bonchev–Trinajstić information content (AvgIpc) is 3.92. The van der Waals surface area contributed by atoms with Gasteiger partial charge >= 0.3 is 0 Å². The Morgan fingerprint density at radius 2 is 0.769 bits per heavy atom. The zero-order valence-corrected chi connectivity index (χ0v) is 36.3. The Hall–Kier alpha value is -8.38. The molecule has 10 aromatic carbocycles. The van der Waals surface area contributed by atoms with Crippen LogP contribution in [0.5, 0.6) is 0 Å². The molecule has 5 heteroatoms. The SMILES string of the molecule is c1ccc(N(c2ccccc2)c2cc(N(c3ccccc3)c3ccccc3)c3sc4cc(N(c5ccccc5)c5cccc6c5c5ccccc5n6-c5ccccc5)ccc4c3c2)cc1. The highest BCUT2D eigenvalue weighted by Gasteiger charge is 2.25. The number of anilines is 9. The molecule has 12 rings (SSSR count). The highest BCUT2D eigenvalue weighted by molar-refractivity contribution is 7.26. The first-order chi connectivity index (χ1) is 32.3. The van der Waals surface area contributed by atoms with Crippen LogP contribution < -0.4 is 14.7 Å². The molecule has 0 bridgehead atoms. The zero-order chi connectivity index (χ0) is 43.1. The number of thiophene rings is 1. The summed E-state index contributed by atoms with van der Waals surface area (Å²) in [5.41, 5.74) is 13.4. The topological polar surface area (TPSA) is 14.7 Å². The van der Waals surface area contributed by atoms with Gasteiger partial charge in [0, 0.05) is 71.7 Å². The first-order valence-corrected chi connectivity index (χ1v) is 22.8. The van der Waals surface area contributed by atoms with Crippen LogP contribution in [0.25, 0.3) is 47.7 Å². The van der Waals surface area contributed by atoms with E-state index in [9.17, 15) is 0 Å². The summed E-state index contributed by atoms with van der Waals surface area (Å²) in [6.45, 7) is 0. The third-order valence-corrected chi connectivity index (χ3v) is 13.5. The van der Waals surface area contributed by atoms with Gasteiger partial charge in [-0.15, -0.1) is 11.3 Å². The van der Waals surface area contributed by atoms with Crippen LogP contribution in [-0.4, -0.2) is 4.57 Å². The smallest absolute Gasteiger partial charge is 0.0661 e. The van der Waals surface area contributed by atoms with Gasteiger partial charge in [0.2, 0.25) is 0 Å². The second-order valence-electron chi connectivity index (χ2n) is 16.2. The highest BCUT2D eigenvalue weighted by Crippen LogP contribution is 2.51. The molecule has 0 spiro atoms. The molecule has 12 aromatic rings. The molecular formula is C60H42N4S. The summed E-state index contributed by atoms with van der Waals surface area (Å²) in [4.78, 5) is 7.22. The fourth-order valence-corrected chi connectivity index (χ4v) is 10.7. The van der Waals surface area contributed by atoms with Crippen molar-refractivity contribution < 1.29 is 0 Å². The van der Waals surface area contributed by atoms with Gasteiger partial charge in [0.25, 0.3) is 0 Å². The number of hydrogen-bond acceptors (Lipinski definition) is 4. The van der Waals surface area contributed by atoms with Crippen molar-refractivity contribution in [3.05, 3.63) is 255 Å². The van der Waals surface area contributed by atoms with Crippen LogP contribution in [0.1, 0.15) is 0 Å². The van der Waals surface area contributed by atoms with E-state index in [1.165, 1.54) is 42.0 Å². The van der Waals surface area contributed by atoms with Crippen molar-refractivity contribution in [3.63, 3.8) is 0 Å². The lowest BCUT2D eigenvalue weighted by Gasteiger charge is -2.30. The minimum absolute atomic E-state index is 1.08. The summed E-state index contributed by atoms with van der Waals surface area (Å²) in [6.07, 6.45) is 0. The van der Waals surface area contributed by atoms with E-state index in [2.05, 4.69) is 274 Å². The largest absolute Gasteiger partial charge is 0.310 e. The molecule has 0 saturated heterocycles. The lowest BCUT2D eigenvalue weighted by atomic mass is 10.1. The first-order valence-electron chi connectivity index (χ1n) is 22.0. The third-order valence-electron chi connectivity index (χ3n) is 12.3. The molecule has 0 atom stereocenters. The van der Waals surface area contributed by atoms with Crippen molar-refractivity contribution in [2.24, 2.45) is 0 Å². The van der Waals surface area contributed by atoms with Crippen LogP contribution in [0.15, 0.2) is 255 Å². The van der Waals surface area contributed by atoms with Crippen LogP contribution in [-0.2, 0) is 0 Å². The molecule has 0 saturated carbocycles. The molecule has 0 aliphatic carbocycles. The van der Waals surface area contributed by atoms with E-state index in [-0.39, 0.29) is 0 Å². The van der Waals surface area contributed by atoms with Crippen molar-refractivity contribution in [3.8, 4) is 5.69 Å². The minimum Gasteiger partial charge on any atom is -0.310 e. The van der Waals surface area contributed by atoms with Gasteiger partial charge in [-0.1, -0.05) is 140 Å². The summed E-state index contributed by atoms with van der Waals surface area (Å²) in [5.74, 6) is 0. The molecule has 0 fully saturated rings. The Morgan fingerprint density at radius 1 is 0.292 bits per heavy atom. The molecule has 4 nitrogen and oxygen atoms in total. The van der Waals surface area contributed by atoms with E-state index in [0.29, 0.717) is 0 Å². The summed E-state index contributed by atoms with van der Waals surface area (Å²) in [6, 6.07) is 91.7. The molecular weight excluding hydrogens is 809 g/mol. The van der Waals surface area contributed by atoms with Gasteiger partial charge in [0.1, 0.15) is 0 Å². The van der Waals surface area contributed by atoms with Crippen molar-refractivity contribution in [2.45, 2.75) is 0 Å². The maximum atomic E-state index is 2.44. The minimum atomic E-state index is 1.08. The highest BCUT2D eigenvalue weighted by atomic mass is 32.1. The maximum Gasteiger partial charge on any atom is 0.0661 e. The predicted octanol–water partition coefficient (Wildman–Crippen LogP) is 17.6. The number of aromatic nitrogens is 1. The zero-order valence-electron chi connectivity index (χ0n) is 35.4. The summed E-state index contributed by atoms with van der Waals surface area (Å²) in [5, 5.41) is 4.84. The van der Waals surface area contributed by atoms with Crippen molar-refractivity contribution >= 4 is 105 Å². The van der Waals surface area contributed by atoms with Crippen LogP contribution >= 0.6 is 11.3 Å². The van der Waals surface area contributed by atoms with E-state index in [4.69, 9.17) is 0 Å². The molecule has 0 unspecified atom stereocenters. The Morgan fingerprint density at radius 3 is 1.34 bits per heavy atom. The summed E-state index contributed by atoms with van der Waals surface area (Å²) >= 11 is 1.86. The van der Waals surface area contributed by atoms with E-state index >= 15 is 0 Å². The lowest BCUT2D eigenvalue weighted by Crippen LogP contribution is -2.13. The van der Waals surface area contributed by atoms with Crippen molar-refractivity contribution in [1.82, 2.24) is 4.57 Å². The van der Waals surface area contributed by atoms with Gasteiger partial charge in [-0.2, -0.15) is 0 Å². The number of benzene rings is 10. The van der Waals surface area contributed by atoms with E-state index < -0.39 is 0 Å². The molecule has 2 heterocycles. The number of rotatable bonds is 10. The fraction of sp³-hybridized carbons (Fsp3) is 0. The Labute approximate surface area is 382 Å². The average molecular weight is 851 g/mol. The molecule has 0 amide bonds. The number of hydrogen-bond donors (Lipinski definition) is 0. The first kappa shape index (κ1) is 38.3. The Balaban J connectivity index is 1.12. The molecule has 308 valence electrons. The normalized spacial score (nSPS) is 11.4. The second kappa shape index (κ2) is 16.4. The van der Waals surface area contributed by atoms with E-state index in [1.54, 1.807) is 0 Å². The monoisotopic (exact) mass is 850 g/mol. The van der Waals surface area contributed by atoms with Gasteiger partial charge in [-0.05, 0) is 115 Å². The number of para-hydroxylation sites is 7. The van der Waals surface area contributed by atoms with E-state index in [0.717, 1.165) is 56.9 Å². The Bertz CT molecular complexity index is 3510. The molecule has 2 aromatic heterocycles. The molecule has 0 aliphatic rings. The summed E-state index contributed by atoms with van der Waals surface area (Å²) in [7, 11) is 0. The molecule has 65 heavy (non-hydrogen) atoms. The van der Waals surface area contributed by atoms with Gasteiger partial charge in [-0.25, -0.2) is 0 Å². The molecule has 0 aliphatic heterocycles. The van der Waals surface area contributed by atoms with Crippen molar-refractivity contribution in [1.29, 1.82) is 0 Å². The standard InChI is InChI=1S/C60H42N4S/c1-7-22-43(23-8-1)61(44-24-9-2-10-25-44)50-40-53-51-39-38-49(42-58(51)65-60(53)57(41-50)62(45-26-11-3-12-27-45)46-28-13-4-14-29-46)63(47-30-15-5-16-31-47)55-36-21-37-56-59(55)52-34-19-20-35-54(52)64(56)48-32-17-6-18-33-48/h1-42H. The molecule has 0 radical (unpaired) electrons. The number of fused-ring (bicyclic) bond motifs is 6. The van der Waals surface area contributed by atoms with Crippen molar-refractivity contribution in [2.75, 3.05) is 14.7 Å². The van der Waals surface area contributed by atoms with Gasteiger partial charge < -0.3 is 19.3 Å². The van der Waals surface area contributed by atoms with Gasteiger partial charge in [0.05, 0.1) is 27.1 Å². The van der Waals surface area contributed by atoms with Gasteiger partial charge in [-0.3, -0.25) is 0 Å². The van der Waals surface area contributed by atoms with Crippen LogP contribution in [0.4, 0.5) is 51.2 Å². The van der Waals surface area contributed by atoms with E-state index in [1.807, 2.05) is 11.3 Å². The Kier molecular flexibility index (Phi) is 9.66. The van der Waals surface area contributed by atoms with Crippen LogP contribution in [0.3, 0.4) is 0 Å². The second-order valence-corrected chi connectivity index (χ2v) is 17.2. The third kappa shape index (κ3) is 6.78. The fourth-order valence-electron chi connectivity index (χ4n) is 9.50. The number of nitrogens with zero attached hydrogens (tertiary/aromatic N) is 4.